The van der Waals surface area contributed by atoms with Crippen molar-refractivity contribution in [3.63, 3.8) is 0 Å². The molecule has 0 radical (unpaired) electrons. The quantitative estimate of drug-likeness (QED) is 0.525. The van der Waals surface area contributed by atoms with Crippen molar-refractivity contribution in [3.05, 3.63) is 89.5 Å². The van der Waals surface area contributed by atoms with Crippen molar-refractivity contribution in [2.75, 3.05) is 19.6 Å². The highest BCUT2D eigenvalue weighted by Gasteiger charge is 2.32. The zero-order chi connectivity index (χ0) is 22.8. The topological polar surface area (TPSA) is 54.4 Å². The van der Waals surface area contributed by atoms with E-state index in [1.54, 1.807) is 4.90 Å². The number of carbonyl (C=O) groups is 1. The lowest BCUT2D eigenvalue weighted by Gasteiger charge is -2.40. The Hall–Kier alpha value is -3.80. The molecule has 0 spiro atoms. The van der Waals surface area contributed by atoms with Crippen LogP contribution in [0.15, 0.2) is 77.8 Å². The SMILES string of the molecule is Cc1ccc2c(c1)Oc1ccccc1C(N1CCN(C(=O)OCc3ccccc3)[C@@H](C)C1)=N2. The monoisotopic (exact) mass is 441 g/mol. The van der Waals surface area contributed by atoms with Crippen LogP contribution in [0.25, 0.3) is 0 Å². The molecular weight excluding hydrogens is 414 g/mol. The molecule has 3 aromatic rings. The number of para-hydroxylation sites is 1. The second kappa shape index (κ2) is 8.98. The third-order valence-electron chi connectivity index (χ3n) is 6.06. The molecule has 1 fully saturated rings. The third kappa shape index (κ3) is 4.42. The molecular formula is C27H27N3O3. The van der Waals surface area contributed by atoms with Gasteiger partial charge in [-0.15, -0.1) is 0 Å². The fourth-order valence-electron chi connectivity index (χ4n) is 4.29. The molecule has 0 aromatic heterocycles. The van der Waals surface area contributed by atoms with Crippen LogP contribution >= 0.6 is 0 Å². The summed E-state index contributed by atoms with van der Waals surface area (Å²) in [5.74, 6) is 2.42. The number of aliphatic imine (C=N–C) groups is 1. The summed E-state index contributed by atoms with van der Waals surface area (Å²) in [6.07, 6.45) is -0.279. The second-order valence-electron chi connectivity index (χ2n) is 8.53. The fraction of sp³-hybridized carbons (Fsp3) is 0.259. The van der Waals surface area contributed by atoms with Gasteiger partial charge in [-0.2, -0.15) is 0 Å². The number of amides is 1. The standard InChI is InChI=1S/C27H27N3O3/c1-19-12-13-23-25(16-19)33-24-11-7-6-10-22(24)26(28-23)29-14-15-30(20(2)17-29)27(31)32-18-21-8-4-3-5-9-21/h3-13,16,20H,14-15,17-18H2,1-2H3/t20-/m0/s1. The minimum absolute atomic E-state index is 0.0152. The Labute approximate surface area is 194 Å². The van der Waals surface area contributed by atoms with E-state index in [2.05, 4.69) is 4.90 Å². The van der Waals surface area contributed by atoms with Gasteiger partial charge >= 0.3 is 6.09 Å². The Morgan fingerprint density at radius 3 is 2.64 bits per heavy atom. The van der Waals surface area contributed by atoms with Crippen LogP contribution in [0.4, 0.5) is 10.5 Å². The van der Waals surface area contributed by atoms with Gasteiger partial charge < -0.3 is 19.3 Å². The van der Waals surface area contributed by atoms with Gasteiger partial charge in [0.15, 0.2) is 5.75 Å². The molecule has 0 N–H and O–H groups in total. The summed E-state index contributed by atoms with van der Waals surface area (Å²) in [6.45, 7) is 6.27. The molecule has 0 aliphatic carbocycles. The van der Waals surface area contributed by atoms with Crippen molar-refractivity contribution < 1.29 is 14.3 Å². The molecule has 5 rings (SSSR count). The number of benzene rings is 3. The van der Waals surface area contributed by atoms with E-state index in [1.165, 1.54) is 0 Å². The maximum absolute atomic E-state index is 12.7. The normalized spacial score (nSPS) is 17.3. The Morgan fingerprint density at radius 2 is 1.82 bits per heavy atom. The summed E-state index contributed by atoms with van der Waals surface area (Å²) in [5.41, 5.74) is 3.87. The van der Waals surface area contributed by atoms with Gasteiger partial charge in [0.1, 0.15) is 23.9 Å². The Kier molecular flexibility index (Phi) is 5.73. The van der Waals surface area contributed by atoms with E-state index in [9.17, 15) is 4.79 Å². The predicted octanol–water partition coefficient (Wildman–Crippen LogP) is 5.52. The highest BCUT2D eigenvalue weighted by molar-refractivity contribution is 6.03. The second-order valence-corrected chi connectivity index (χ2v) is 8.53. The number of rotatable bonds is 2. The van der Waals surface area contributed by atoms with Crippen LogP contribution < -0.4 is 4.74 Å². The Bertz CT molecular complexity index is 1190. The summed E-state index contributed by atoms with van der Waals surface area (Å²) in [6, 6.07) is 23.8. The van der Waals surface area contributed by atoms with E-state index >= 15 is 0 Å². The summed E-state index contributed by atoms with van der Waals surface area (Å²) in [4.78, 5) is 21.8. The highest BCUT2D eigenvalue weighted by atomic mass is 16.6. The van der Waals surface area contributed by atoms with Gasteiger partial charge in [-0.1, -0.05) is 48.5 Å². The average Bonchev–Trinajstić information content (AvgIpc) is 2.99. The van der Waals surface area contributed by atoms with Gasteiger partial charge in [-0.25, -0.2) is 9.79 Å². The van der Waals surface area contributed by atoms with Crippen LogP contribution in [0.2, 0.25) is 0 Å². The van der Waals surface area contributed by atoms with Crippen LogP contribution in [0.1, 0.15) is 23.6 Å². The first kappa shape index (κ1) is 21.1. The lowest BCUT2D eigenvalue weighted by molar-refractivity contribution is 0.0624. The minimum atomic E-state index is -0.279. The van der Waals surface area contributed by atoms with Crippen molar-refractivity contribution in [3.8, 4) is 11.5 Å². The van der Waals surface area contributed by atoms with Crippen LogP contribution in [-0.2, 0) is 11.3 Å². The number of hydrogen-bond donors (Lipinski definition) is 0. The van der Waals surface area contributed by atoms with E-state index < -0.39 is 0 Å². The molecule has 1 saturated heterocycles. The molecule has 1 amide bonds. The van der Waals surface area contributed by atoms with E-state index in [4.69, 9.17) is 14.5 Å². The first-order chi connectivity index (χ1) is 16.1. The lowest BCUT2D eigenvalue weighted by atomic mass is 10.1. The molecule has 6 heteroatoms. The number of amidine groups is 1. The number of aryl methyl sites for hydroxylation is 1. The Balaban J connectivity index is 1.35. The molecule has 2 heterocycles. The lowest BCUT2D eigenvalue weighted by Crippen LogP contribution is -2.55. The zero-order valence-corrected chi connectivity index (χ0v) is 18.9. The summed E-state index contributed by atoms with van der Waals surface area (Å²) in [7, 11) is 0. The van der Waals surface area contributed by atoms with E-state index in [0.717, 1.165) is 39.7 Å². The van der Waals surface area contributed by atoms with E-state index in [0.29, 0.717) is 19.6 Å². The average molecular weight is 442 g/mol. The molecule has 0 saturated carbocycles. The Morgan fingerprint density at radius 1 is 1.03 bits per heavy atom. The van der Waals surface area contributed by atoms with Crippen molar-refractivity contribution >= 4 is 17.6 Å². The highest BCUT2D eigenvalue weighted by Crippen LogP contribution is 2.38. The van der Waals surface area contributed by atoms with Crippen molar-refractivity contribution in [2.45, 2.75) is 26.5 Å². The first-order valence-electron chi connectivity index (χ1n) is 11.3. The molecule has 0 bridgehead atoms. The van der Waals surface area contributed by atoms with E-state index in [1.807, 2.05) is 86.6 Å². The van der Waals surface area contributed by atoms with Crippen LogP contribution in [0.5, 0.6) is 11.5 Å². The van der Waals surface area contributed by atoms with Crippen LogP contribution in [0, 0.1) is 6.92 Å². The van der Waals surface area contributed by atoms with Crippen molar-refractivity contribution in [2.24, 2.45) is 4.99 Å². The van der Waals surface area contributed by atoms with Crippen LogP contribution in [0.3, 0.4) is 0 Å². The fourth-order valence-corrected chi connectivity index (χ4v) is 4.29. The van der Waals surface area contributed by atoms with Crippen molar-refractivity contribution in [1.82, 2.24) is 9.80 Å². The number of carbonyl (C=O) groups excluding carboxylic acids is 1. The summed E-state index contributed by atoms with van der Waals surface area (Å²) in [5, 5.41) is 0. The van der Waals surface area contributed by atoms with Crippen molar-refractivity contribution in [1.29, 1.82) is 0 Å². The van der Waals surface area contributed by atoms with Crippen LogP contribution in [-0.4, -0.2) is 47.4 Å². The van der Waals surface area contributed by atoms with Gasteiger partial charge in [0, 0.05) is 25.7 Å². The number of ether oxygens (including phenoxy) is 2. The summed E-state index contributed by atoms with van der Waals surface area (Å²) >= 11 is 0. The summed E-state index contributed by atoms with van der Waals surface area (Å²) < 4.78 is 11.8. The van der Waals surface area contributed by atoms with Gasteiger partial charge in [0.2, 0.25) is 0 Å². The minimum Gasteiger partial charge on any atom is -0.454 e. The number of piperazine rings is 1. The molecule has 33 heavy (non-hydrogen) atoms. The predicted molar refractivity (Wildman–Crippen MR) is 128 cm³/mol. The number of hydrogen-bond acceptors (Lipinski definition) is 5. The van der Waals surface area contributed by atoms with Gasteiger partial charge in [0.25, 0.3) is 0 Å². The maximum Gasteiger partial charge on any atom is 0.410 e. The first-order valence-corrected chi connectivity index (χ1v) is 11.3. The smallest absolute Gasteiger partial charge is 0.410 e. The zero-order valence-electron chi connectivity index (χ0n) is 18.9. The molecule has 2 aliphatic rings. The third-order valence-corrected chi connectivity index (χ3v) is 6.06. The van der Waals surface area contributed by atoms with Gasteiger partial charge in [-0.05, 0) is 49.2 Å². The van der Waals surface area contributed by atoms with E-state index in [-0.39, 0.29) is 18.7 Å². The molecule has 0 unspecified atom stereocenters. The number of fused-ring (bicyclic) bond motifs is 2. The molecule has 168 valence electrons. The molecule has 2 aliphatic heterocycles. The maximum atomic E-state index is 12.7. The van der Waals surface area contributed by atoms with Gasteiger partial charge in [0.05, 0.1) is 5.56 Å². The van der Waals surface area contributed by atoms with Gasteiger partial charge in [-0.3, -0.25) is 0 Å². The molecule has 1 atom stereocenters. The molecule has 6 nitrogen and oxygen atoms in total. The largest absolute Gasteiger partial charge is 0.454 e. The number of nitrogens with zero attached hydrogens (tertiary/aromatic N) is 3. The molecule has 3 aromatic carbocycles.